The quantitative estimate of drug-likeness (QED) is 0.791. The molecular formula is C12H15F2N3. The van der Waals surface area contributed by atoms with Gasteiger partial charge in [0.25, 0.3) is 0 Å². The van der Waals surface area contributed by atoms with E-state index in [-0.39, 0.29) is 17.7 Å². The minimum atomic E-state index is -0.682. The Kier molecular flexibility index (Phi) is 5.01. The van der Waals surface area contributed by atoms with Crippen LogP contribution in [0.25, 0.3) is 0 Å². The summed E-state index contributed by atoms with van der Waals surface area (Å²) in [7, 11) is 3.84. The standard InChI is InChI=1S/C12H15F2N3/c1-17(2)4-3-16-8-10-11(13)5-9(7-15)6-12(10)14/h5-6,16H,3-4,8H2,1-2H3. The van der Waals surface area contributed by atoms with Gasteiger partial charge in [-0.25, -0.2) is 8.78 Å². The Morgan fingerprint density at radius 1 is 1.29 bits per heavy atom. The molecule has 0 fully saturated rings. The normalized spacial score (nSPS) is 10.6. The van der Waals surface area contributed by atoms with E-state index in [0.717, 1.165) is 18.7 Å². The highest BCUT2D eigenvalue weighted by Gasteiger charge is 2.10. The van der Waals surface area contributed by atoms with Gasteiger partial charge < -0.3 is 10.2 Å². The zero-order valence-electron chi connectivity index (χ0n) is 9.93. The molecule has 0 aromatic heterocycles. The van der Waals surface area contributed by atoms with E-state index in [2.05, 4.69) is 5.32 Å². The van der Waals surface area contributed by atoms with Crippen molar-refractivity contribution in [2.45, 2.75) is 6.54 Å². The van der Waals surface area contributed by atoms with E-state index in [1.54, 1.807) is 6.07 Å². The minimum absolute atomic E-state index is 0.00274. The minimum Gasteiger partial charge on any atom is -0.311 e. The number of halogens is 2. The number of likely N-dealkylation sites (N-methyl/N-ethyl adjacent to an activating group) is 1. The predicted octanol–water partition coefficient (Wildman–Crippen LogP) is 1.49. The zero-order valence-corrected chi connectivity index (χ0v) is 9.93. The number of hydrogen-bond acceptors (Lipinski definition) is 3. The molecule has 0 heterocycles. The molecule has 0 atom stereocenters. The molecule has 1 N–H and O–H groups in total. The van der Waals surface area contributed by atoms with Gasteiger partial charge in [-0.15, -0.1) is 0 Å². The SMILES string of the molecule is CN(C)CCNCc1c(F)cc(C#N)cc1F. The van der Waals surface area contributed by atoms with Gasteiger partial charge in [0.15, 0.2) is 0 Å². The second-order valence-corrected chi connectivity index (χ2v) is 4.01. The molecule has 17 heavy (non-hydrogen) atoms. The predicted molar refractivity (Wildman–Crippen MR) is 61.3 cm³/mol. The molecule has 0 aliphatic heterocycles. The van der Waals surface area contributed by atoms with E-state index in [1.165, 1.54) is 0 Å². The number of nitrogens with one attached hydrogen (secondary N) is 1. The van der Waals surface area contributed by atoms with E-state index in [4.69, 9.17) is 5.26 Å². The molecule has 0 saturated carbocycles. The Hall–Kier alpha value is -1.51. The van der Waals surface area contributed by atoms with Crippen LogP contribution in [0.5, 0.6) is 0 Å². The van der Waals surface area contributed by atoms with E-state index in [0.29, 0.717) is 6.54 Å². The number of rotatable bonds is 5. The molecular weight excluding hydrogens is 224 g/mol. The number of nitrogens with zero attached hydrogens (tertiary/aromatic N) is 2. The summed E-state index contributed by atoms with van der Waals surface area (Å²) in [6.07, 6.45) is 0. The summed E-state index contributed by atoms with van der Waals surface area (Å²) in [6.45, 7) is 1.56. The second kappa shape index (κ2) is 6.28. The van der Waals surface area contributed by atoms with Crippen LogP contribution in [0.15, 0.2) is 12.1 Å². The lowest BCUT2D eigenvalue weighted by atomic mass is 10.1. The van der Waals surface area contributed by atoms with Crippen molar-refractivity contribution in [3.8, 4) is 6.07 Å². The van der Waals surface area contributed by atoms with Crippen LogP contribution in [0.2, 0.25) is 0 Å². The fourth-order valence-corrected chi connectivity index (χ4v) is 1.35. The van der Waals surface area contributed by atoms with Gasteiger partial charge in [-0.05, 0) is 26.2 Å². The van der Waals surface area contributed by atoms with Crippen molar-refractivity contribution in [3.63, 3.8) is 0 Å². The first-order valence-electron chi connectivity index (χ1n) is 5.28. The highest BCUT2D eigenvalue weighted by molar-refractivity contribution is 5.34. The molecule has 1 aromatic rings. The average molecular weight is 239 g/mol. The summed E-state index contributed by atoms with van der Waals surface area (Å²) < 4.78 is 26.9. The molecule has 0 radical (unpaired) electrons. The van der Waals surface area contributed by atoms with Gasteiger partial charge in [-0.1, -0.05) is 0 Å². The van der Waals surface area contributed by atoms with Gasteiger partial charge >= 0.3 is 0 Å². The molecule has 0 saturated heterocycles. The van der Waals surface area contributed by atoms with Crippen molar-refractivity contribution in [1.82, 2.24) is 10.2 Å². The maximum Gasteiger partial charge on any atom is 0.131 e. The molecule has 0 spiro atoms. The average Bonchev–Trinajstić information content (AvgIpc) is 2.26. The highest BCUT2D eigenvalue weighted by Crippen LogP contribution is 2.14. The van der Waals surface area contributed by atoms with Crippen LogP contribution in [-0.2, 0) is 6.54 Å². The third kappa shape index (κ3) is 4.10. The van der Waals surface area contributed by atoms with Crippen LogP contribution < -0.4 is 5.32 Å². The first-order valence-corrected chi connectivity index (χ1v) is 5.28. The lowest BCUT2D eigenvalue weighted by molar-refractivity contribution is 0.397. The van der Waals surface area contributed by atoms with Crippen LogP contribution in [0.3, 0.4) is 0 Å². The molecule has 1 rings (SSSR count). The summed E-state index contributed by atoms with van der Waals surface area (Å²) in [5, 5.41) is 11.5. The van der Waals surface area contributed by atoms with Crippen molar-refractivity contribution in [2.75, 3.05) is 27.2 Å². The van der Waals surface area contributed by atoms with E-state index in [1.807, 2.05) is 19.0 Å². The molecule has 0 bridgehead atoms. The van der Waals surface area contributed by atoms with Gasteiger partial charge in [0.1, 0.15) is 11.6 Å². The summed E-state index contributed by atoms with van der Waals surface area (Å²) in [5.74, 6) is -1.36. The Balaban J connectivity index is 2.63. The van der Waals surface area contributed by atoms with Gasteiger partial charge in [-0.3, -0.25) is 0 Å². The van der Waals surface area contributed by atoms with E-state index in [9.17, 15) is 8.78 Å². The summed E-state index contributed by atoms with van der Waals surface area (Å²) >= 11 is 0. The van der Waals surface area contributed by atoms with E-state index < -0.39 is 11.6 Å². The molecule has 0 amide bonds. The summed E-state index contributed by atoms with van der Waals surface area (Å²) in [4.78, 5) is 1.97. The van der Waals surface area contributed by atoms with Gasteiger partial charge in [0.2, 0.25) is 0 Å². The van der Waals surface area contributed by atoms with Gasteiger partial charge in [0, 0.05) is 25.2 Å². The number of nitriles is 1. The molecule has 3 nitrogen and oxygen atoms in total. The maximum absolute atomic E-state index is 13.4. The molecule has 92 valence electrons. The summed E-state index contributed by atoms with van der Waals surface area (Å²) in [5.41, 5.74) is -0.0280. The Morgan fingerprint density at radius 3 is 2.35 bits per heavy atom. The number of hydrogen-bond donors (Lipinski definition) is 1. The lowest BCUT2D eigenvalue weighted by Gasteiger charge is -2.11. The Morgan fingerprint density at radius 2 is 1.88 bits per heavy atom. The monoisotopic (exact) mass is 239 g/mol. The third-order valence-electron chi connectivity index (χ3n) is 2.31. The summed E-state index contributed by atoms with van der Waals surface area (Å²) in [6, 6.07) is 3.81. The van der Waals surface area contributed by atoms with E-state index >= 15 is 0 Å². The Labute approximate surface area is 99.7 Å². The van der Waals surface area contributed by atoms with Crippen molar-refractivity contribution in [2.24, 2.45) is 0 Å². The first kappa shape index (κ1) is 13.6. The van der Waals surface area contributed by atoms with Crippen LogP contribution in [0, 0.1) is 23.0 Å². The van der Waals surface area contributed by atoms with Crippen LogP contribution in [-0.4, -0.2) is 32.1 Å². The zero-order chi connectivity index (χ0) is 12.8. The van der Waals surface area contributed by atoms with Crippen molar-refractivity contribution >= 4 is 0 Å². The maximum atomic E-state index is 13.4. The highest BCUT2D eigenvalue weighted by atomic mass is 19.1. The fraction of sp³-hybridized carbons (Fsp3) is 0.417. The smallest absolute Gasteiger partial charge is 0.131 e. The third-order valence-corrected chi connectivity index (χ3v) is 2.31. The Bertz CT molecular complexity index is 401. The molecule has 0 aliphatic rings. The molecule has 1 aromatic carbocycles. The van der Waals surface area contributed by atoms with Crippen LogP contribution in [0.1, 0.15) is 11.1 Å². The van der Waals surface area contributed by atoms with Gasteiger partial charge in [0.05, 0.1) is 11.6 Å². The van der Waals surface area contributed by atoms with Crippen LogP contribution in [0.4, 0.5) is 8.78 Å². The largest absolute Gasteiger partial charge is 0.311 e. The van der Waals surface area contributed by atoms with Crippen molar-refractivity contribution in [1.29, 1.82) is 5.26 Å². The number of benzene rings is 1. The van der Waals surface area contributed by atoms with Crippen LogP contribution >= 0.6 is 0 Å². The molecule has 5 heteroatoms. The topological polar surface area (TPSA) is 39.1 Å². The first-order chi connectivity index (χ1) is 8.04. The van der Waals surface area contributed by atoms with Crippen molar-refractivity contribution < 1.29 is 8.78 Å². The molecule has 0 aliphatic carbocycles. The molecule has 0 unspecified atom stereocenters. The lowest BCUT2D eigenvalue weighted by Crippen LogP contribution is -2.26. The fourth-order valence-electron chi connectivity index (χ4n) is 1.35. The van der Waals surface area contributed by atoms with Crippen molar-refractivity contribution in [3.05, 3.63) is 34.9 Å². The van der Waals surface area contributed by atoms with Gasteiger partial charge in [-0.2, -0.15) is 5.26 Å². The second-order valence-electron chi connectivity index (χ2n) is 4.01.